The summed E-state index contributed by atoms with van der Waals surface area (Å²) in [6.07, 6.45) is 2.01. The van der Waals surface area contributed by atoms with Crippen LogP contribution in [0.4, 0.5) is 21.6 Å². The van der Waals surface area contributed by atoms with Gasteiger partial charge in [-0.05, 0) is 41.8 Å². The second kappa shape index (κ2) is 4.22. The molecule has 0 radical (unpaired) electrons. The van der Waals surface area contributed by atoms with Gasteiger partial charge in [-0.2, -0.15) is 0 Å². The van der Waals surface area contributed by atoms with Crippen molar-refractivity contribution in [2.45, 2.75) is 32.9 Å². The van der Waals surface area contributed by atoms with Crippen molar-refractivity contribution in [3.63, 3.8) is 0 Å². The van der Waals surface area contributed by atoms with Crippen molar-refractivity contribution in [1.82, 2.24) is 4.98 Å². The van der Waals surface area contributed by atoms with Crippen LogP contribution in [0.2, 0.25) is 0 Å². The Balaban J connectivity index is 2.02. The summed E-state index contributed by atoms with van der Waals surface area (Å²) in [6, 6.07) is 9.18. The molecule has 2 aliphatic heterocycles. The number of fused-ring (bicyclic) bond motifs is 5. The summed E-state index contributed by atoms with van der Waals surface area (Å²) in [5.41, 5.74) is 3.23. The van der Waals surface area contributed by atoms with Gasteiger partial charge in [0.2, 0.25) is 0 Å². The Labute approximate surface area is 130 Å². The zero-order valence-electron chi connectivity index (χ0n) is 13.3. The summed E-state index contributed by atoms with van der Waals surface area (Å²) in [5, 5.41) is 0. The third-order valence-corrected chi connectivity index (χ3v) is 5.48. The van der Waals surface area contributed by atoms with Crippen molar-refractivity contribution < 1.29 is 4.39 Å². The quantitative estimate of drug-likeness (QED) is 0.723. The van der Waals surface area contributed by atoms with Gasteiger partial charge >= 0.3 is 0 Å². The summed E-state index contributed by atoms with van der Waals surface area (Å²) in [6.45, 7) is 6.71. The molecule has 2 aliphatic rings. The first-order chi connectivity index (χ1) is 10.4. The van der Waals surface area contributed by atoms with E-state index in [1.165, 1.54) is 0 Å². The van der Waals surface area contributed by atoms with E-state index in [1.807, 2.05) is 18.3 Å². The van der Waals surface area contributed by atoms with Crippen LogP contribution in [0.5, 0.6) is 0 Å². The van der Waals surface area contributed by atoms with Gasteiger partial charge in [-0.3, -0.25) is 0 Å². The van der Waals surface area contributed by atoms with E-state index in [4.69, 9.17) is 0 Å². The highest BCUT2D eigenvalue weighted by Gasteiger charge is 2.52. The van der Waals surface area contributed by atoms with Crippen LogP contribution in [0.1, 0.15) is 32.3 Å². The Hall–Kier alpha value is -2.10. The fraction of sp³-hybridized carbons (Fsp3) is 0.389. The maximum atomic E-state index is 13.8. The number of hydrogen-bond acceptors (Lipinski definition) is 3. The SMILES string of the molecule is CC1c2cc(F)ccc2N2c3ncccc3N(C)C2C1(C)C. The highest BCUT2D eigenvalue weighted by Crippen LogP contribution is 2.57. The Morgan fingerprint density at radius 2 is 1.95 bits per heavy atom. The number of nitrogens with zero attached hydrogens (tertiary/aromatic N) is 3. The second-order valence-electron chi connectivity index (χ2n) is 6.95. The van der Waals surface area contributed by atoms with Crippen LogP contribution in [0.25, 0.3) is 0 Å². The lowest BCUT2D eigenvalue weighted by atomic mass is 9.70. The van der Waals surface area contributed by atoms with E-state index in [0.29, 0.717) is 0 Å². The predicted molar refractivity (Wildman–Crippen MR) is 87.2 cm³/mol. The molecule has 2 aromatic rings. The third kappa shape index (κ3) is 1.52. The molecule has 4 rings (SSSR count). The molecule has 0 saturated carbocycles. The number of hydrogen-bond donors (Lipinski definition) is 0. The maximum Gasteiger partial charge on any atom is 0.158 e. The predicted octanol–water partition coefficient (Wildman–Crippen LogP) is 4.28. The molecule has 1 aromatic carbocycles. The number of halogens is 1. The van der Waals surface area contributed by atoms with Crippen molar-refractivity contribution in [3.8, 4) is 0 Å². The molecule has 0 aliphatic carbocycles. The Morgan fingerprint density at radius 1 is 1.18 bits per heavy atom. The number of anilines is 3. The highest BCUT2D eigenvalue weighted by atomic mass is 19.1. The van der Waals surface area contributed by atoms with E-state index in [-0.39, 0.29) is 23.3 Å². The Bertz CT molecular complexity index is 756. The molecule has 0 saturated heterocycles. The summed E-state index contributed by atoms with van der Waals surface area (Å²) in [7, 11) is 2.12. The van der Waals surface area contributed by atoms with Crippen molar-refractivity contribution in [3.05, 3.63) is 47.9 Å². The van der Waals surface area contributed by atoms with E-state index in [9.17, 15) is 4.39 Å². The minimum Gasteiger partial charge on any atom is -0.350 e. The first kappa shape index (κ1) is 13.6. The van der Waals surface area contributed by atoms with Gasteiger partial charge in [0.1, 0.15) is 12.0 Å². The molecule has 0 spiro atoms. The molecule has 1 aromatic heterocycles. The van der Waals surface area contributed by atoms with Gasteiger partial charge in [-0.25, -0.2) is 9.37 Å². The molecule has 3 nitrogen and oxygen atoms in total. The lowest BCUT2D eigenvalue weighted by Gasteiger charge is -2.50. The van der Waals surface area contributed by atoms with Crippen LogP contribution >= 0.6 is 0 Å². The van der Waals surface area contributed by atoms with Crippen molar-refractivity contribution in [2.75, 3.05) is 16.8 Å². The van der Waals surface area contributed by atoms with Gasteiger partial charge < -0.3 is 9.80 Å². The summed E-state index contributed by atoms with van der Waals surface area (Å²) < 4.78 is 13.8. The largest absolute Gasteiger partial charge is 0.350 e. The molecular formula is C18H20FN3. The molecule has 0 fully saturated rings. The molecule has 4 heteroatoms. The zero-order valence-corrected chi connectivity index (χ0v) is 13.3. The van der Waals surface area contributed by atoms with E-state index in [1.54, 1.807) is 12.1 Å². The minimum atomic E-state index is -0.173. The van der Waals surface area contributed by atoms with E-state index >= 15 is 0 Å². The summed E-state index contributed by atoms with van der Waals surface area (Å²) in [4.78, 5) is 9.16. The topological polar surface area (TPSA) is 19.4 Å². The number of aromatic nitrogens is 1. The van der Waals surface area contributed by atoms with Crippen molar-refractivity contribution in [1.29, 1.82) is 0 Å². The monoisotopic (exact) mass is 297 g/mol. The molecule has 0 amide bonds. The Kier molecular flexibility index (Phi) is 2.60. The van der Waals surface area contributed by atoms with Crippen LogP contribution in [-0.2, 0) is 0 Å². The van der Waals surface area contributed by atoms with Crippen LogP contribution < -0.4 is 9.80 Å². The lowest BCUT2D eigenvalue weighted by molar-refractivity contribution is 0.225. The van der Waals surface area contributed by atoms with E-state index in [0.717, 1.165) is 22.8 Å². The maximum absolute atomic E-state index is 13.8. The second-order valence-corrected chi connectivity index (χ2v) is 6.95. The normalized spacial score (nSPS) is 24.8. The van der Waals surface area contributed by atoms with Crippen LogP contribution in [0.15, 0.2) is 36.5 Å². The van der Waals surface area contributed by atoms with Crippen LogP contribution in [0.3, 0.4) is 0 Å². The zero-order chi connectivity index (χ0) is 15.6. The molecule has 0 N–H and O–H groups in total. The smallest absolute Gasteiger partial charge is 0.158 e. The average molecular weight is 297 g/mol. The number of benzene rings is 1. The van der Waals surface area contributed by atoms with Gasteiger partial charge in [-0.15, -0.1) is 0 Å². The van der Waals surface area contributed by atoms with Gasteiger partial charge in [0.15, 0.2) is 5.82 Å². The van der Waals surface area contributed by atoms with Crippen molar-refractivity contribution in [2.24, 2.45) is 5.41 Å². The van der Waals surface area contributed by atoms with Gasteiger partial charge in [0.25, 0.3) is 0 Å². The number of pyridine rings is 1. The third-order valence-electron chi connectivity index (χ3n) is 5.48. The molecule has 3 heterocycles. The fourth-order valence-electron chi connectivity index (χ4n) is 4.06. The van der Waals surface area contributed by atoms with E-state index < -0.39 is 0 Å². The minimum absolute atomic E-state index is 0.0315. The fourth-order valence-corrected chi connectivity index (χ4v) is 4.06. The van der Waals surface area contributed by atoms with E-state index in [2.05, 4.69) is 48.7 Å². The lowest BCUT2D eigenvalue weighted by Crippen LogP contribution is -2.54. The van der Waals surface area contributed by atoms with Gasteiger partial charge in [0.05, 0.1) is 5.69 Å². The molecule has 22 heavy (non-hydrogen) atoms. The number of rotatable bonds is 0. The highest BCUT2D eigenvalue weighted by molar-refractivity contribution is 5.83. The summed E-state index contributed by atoms with van der Waals surface area (Å²) >= 11 is 0. The standard InChI is InChI=1S/C18H20FN3/c1-11-13-10-12(19)7-8-14(13)22-16-15(6-5-9-20-16)21(4)17(22)18(11,2)3/h5-11,17H,1-4H3. The van der Waals surface area contributed by atoms with Gasteiger partial charge in [0, 0.05) is 24.3 Å². The van der Waals surface area contributed by atoms with Crippen LogP contribution in [-0.4, -0.2) is 18.2 Å². The molecule has 114 valence electrons. The molecule has 0 bridgehead atoms. The average Bonchev–Trinajstić information content (AvgIpc) is 2.80. The van der Waals surface area contributed by atoms with Gasteiger partial charge in [-0.1, -0.05) is 20.8 Å². The van der Waals surface area contributed by atoms with Crippen molar-refractivity contribution >= 4 is 17.2 Å². The Morgan fingerprint density at radius 3 is 2.73 bits per heavy atom. The first-order valence-electron chi connectivity index (χ1n) is 7.69. The first-order valence-corrected chi connectivity index (χ1v) is 7.69. The summed E-state index contributed by atoms with van der Waals surface area (Å²) in [5.74, 6) is 1.05. The molecule has 2 atom stereocenters. The molecule has 2 unspecified atom stereocenters. The molecular weight excluding hydrogens is 277 g/mol. The van der Waals surface area contributed by atoms with Crippen LogP contribution in [0, 0.1) is 11.2 Å².